The van der Waals surface area contributed by atoms with E-state index in [1.807, 2.05) is 6.92 Å². The zero-order chi connectivity index (χ0) is 19.2. The number of carbonyl (C=O) groups excluding carboxylic acids is 2. The van der Waals surface area contributed by atoms with Gasteiger partial charge in [0.25, 0.3) is 5.91 Å². The third-order valence-corrected chi connectivity index (χ3v) is 4.39. The lowest BCUT2D eigenvalue weighted by atomic mass is 10.2. The minimum atomic E-state index is -0.264. The minimum Gasteiger partial charge on any atom is -0.494 e. The molecule has 1 heterocycles. The molecule has 1 aliphatic heterocycles. The third-order valence-electron chi connectivity index (χ3n) is 4.13. The van der Waals surface area contributed by atoms with Gasteiger partial charge in [0.2, 0.25) is 5.91 Å². The van der Waals surface area contributed by atoms with E-state index in [1.54, 1.807) is 53.4 Å². The fourth-order valence-corrected chi connectivity index (χ4v) is 3.02. The molecule has 0 radical (unpaired) electrons. The van der Waals surface area contributed by atoms with Crippen LogP contribution in [0.4, 0.5) is 5.69 Å². The maximum Gasteiger partial charge on any atom is 0.258 e. The van der Waals surface area contributed by atoms with Crippen molar-refractivity contribution in [1.29, 1.82) is 0 Å². The van der Waals surface area contributed by atoms with Gasteiger partial charge in [-0.25, -0.2) is 0 Å². The number of ether oxygens (including phenoxy) is 2. The summed E-state index contributed by atoms with van der Waals surface area (Å²) in [6.45, 7) is 2.82. The van der Waals surface area contributed by atoms with Crippen molar-refractivity contribution < 1.29 is 19.1 Å². The van der Waals surface area contributed by atoms with Crippen LogP contribution in [0.25, 0.3) is 0 Å². The zero-order valence-corrected chi connectivity index (χ0v) is 15.7. The Kier molecular flexibility index (Phi) is 6.19. The summed E-state index contributed by atoms with van der Waals surface area (Å²) in [6.07, 6.45) is 0.261. The van der Waals surface area contributed by atoms with Gasteiger partial charge in [-0.05, 0) is 55.5 Å². The number of nitrogens with zero attached hydrogens (tertiary/aromatic N) is 1. The number of nitrogens with one attached hydrogen (secondary N) is 1. The molecule has 2 amide bonds. The first-order valence-corrected chi connectivity index (χ1v) is 9.14. The molecule has 1 aliphatic rings. The van der Waals surface area contributed by atoms with E-state index in [0.29, 0.717) is 23.9 Å². The smallest absolute Gasteiger partial charge is 0.258 e. The van der Waals surface area contributed by atoms with Crippen molar-refractivity contribution in [2.24, 2.45) is 0 Å². The van der Waals surface area contributed by atoms with E-state index in [0.717, 1.165) is 11.4 Å². The Hall–Kier alpha value is -2.73. The van der Waals surface area contributed by atoms with Gasteiger partial charge < -0.3 is 19.7 Å². The van der Waals surface area contributed by atoms with Crippen molar-refractivity contribution in [3.63, 3.8) is 0 Å². The molecule has 142 valence electrons. The van der Waals surface area contributed by atoms with Crippen LogP contribution < -0.4 is 19.7 Å². The molecule has 1 N–H and O–H groups in total. The number of anilines is 1. The highest BCUT2D eigenvalue weighted by atomic mass is 35.5. The summed E-state index contributed by atoms with van der Waals surface area (Å²) in [7, 11) is 0. The van der Waals surface area contributed by atoms with Gasteiger partial charge in [0, 0.05) is 23.7 Å². The molecule has 0 spiro atoms. The van der Waals surface area contributed by atoms with Gasteiger partial charge in [0.15, 0.2) is 6.61 Å². The number of hydrogen-bond donors (Lipinski definition) is 1. The van der Waals surface area contributed by atoms with Gasteiger partial charge in [0.1, 0.15) is 11.5 Å². The number of benzene rings is 2. The molecule has 6 nitrogen and oxygen atoms in total. The highest BCUT2D eigenvalue weighted by Gasteiger charge is 2.31. The Balaban J connectivity index is 1.48. The standard InChI is InChI=1S/C20H21ClN2O4/c1-2-26-17-7-9-18(10-8-17)27-13-19(24)22-15-11-20(25)23(12-15)16-5-3-14(21)4-6-16/h3-10,15H,2,11-13H2,1H3,(H,22,24). The fourth-order valence-electron chi connectivity index (χ4n) is 2.89. The van der Waals surface area contributed by atoms with E-state index >= 15 is 0 Å². The van der Waals surface area contributed by atoms with E-state index in [2.05, 4.69) is 5.32 Å². The Labute approximate surface area is 163 Å². The normalized spacial score (nSPS) is 16.3. The van der Waals surface area contributed by atoms with E-state index in [1.165, 1.54) is 0 Å². The first kappa shape index (κ1) is 19.0. The summed E-state index contributed by atoms with van der Waals surface area (Å²) in [5.74, 6) is 1.04. The van der Waals surface area contributed by atoms with Crippen molar-refractivity contribution in [3.05, 3.63) is 53.6 Å². The lowest BCUT2D eigenvalue weighted by molar-refractivity contribution is -0.123. The topological polar surface area (TPSA) is 67.9 Å². The zero-order valence-electron chi connectivity index (χ0n) is 15.0. The Morgan fingerprint density at radius 3 is 2.37 bits per heavy atom. The van der Waals surface area contributed by atoms with Gasteiger partial charge >= 0.3 is 0 Å². The molecule has 7 heteroatoms. The molecule has 1 atom stereocenters. The molecular formula is C20H21ClN2O4. The largest absolute Gasteiger partial charge is 0.494 e. The van der Waals surface area contributed by atoms with E-state index in [4.69, 9.17) is 21.1 Å². The van der Waals surface area contributed by atoms with Gasteiger partial charge in [-0.3, -0.25) is 9.59 Å². The van der Waals surface area contributed by atoms with Gasteiger partial charge in [-0.15, -0.1) is 0 Å². The number of carbonyl (C=O) groups is 2. The predicted octanol–water partition coefficient (Wildman–Crippen LogP) is 3.04. The Morgan fingerprint density at radius 1 is 1.11 bits per heavy atom. The SMILES string of the molecule is CCOc1ccc(OCC(=O)NC2CC(=O)N(c3ccc(Cl)cc3)C2)cc1. The molecule has 0 bridgehead atoms. The van der Waals surface area contributed by atoms with Gasteiger partial charge in [-0.2, -0.15) is 0 Å². The monoisotopic (exact) mass is 388 g/mol. The fraction of sp³-hybridized carbons (Fsp3) is 0.300. The molecule has 1 saturated heterocycles. The summed E-state index contributed by atoms with van der Waals surface area (Å²) in [5, 5.41) is 3.46. The van der Waals surface area contributed by atoms with Crippen LogP contribution in [0, 0.1) is 0 Å². The van der Waals surface area contributed by atoms with Crippen LogP contribution in [0.1, 0.15) is 13.3 Å². The first-order valence-electron chi connectivity index (χ1n) is 8.76. The number of amides is 2. The summed E-state index contributed by atoms with van der Waals surface area (Å²) >= 11 is 5.88. The third kappa shape index (κ3) is 5.14. The van der Waals surface area contributed by atoms with Crippen LogP contribution in [0.5, 0.6) is 11.5 Å². The van der Waals surface area contributed by atoms with Crippen molar-refractivity contribution >= 4 is 29.1 Å². The van der Waals surface area contributed by atoms with E-state index < -0.39 is 0 Å². The summed E-state index contributed by atoms with van der Waals surface area (Å²) in [4.78, 5) is 26.0. The van der Waals surface area contributed by atoms with Crippen LogP contribution in [-0.2, 0) is 9.59 Å². The van der Waals surface area contributed by atoms with Crippen LogP contribution in [-0.4, -0.2) is 37.6 Å². The van der Waals surface area contributed by atoms with Gasteiger partial charge in [-0.1, -0.05) is 11.6 Å². The number of rotatable bonds is 7. The Morgan fingerprint density at radius 2 is 1.74 bits per heavy atom. The minimum absolute atomic E-state index is 0.0324. The average molecular weight is 389 g/mol. The van der Waals surface area contributed by atoms with Crippen LogP contribution in [0.2, 0.25) is 5.02 Å². The molecule has 2 aromatic carbocycles. The Bertz CT molecular complexity index is 793. The van der Waals surface area contributed by atoms with Crippen molar-refractivity contribution in [3.8, 4) is 11.5 Å². The molecule has 2 aromatic rings. The molecule has 27 heavy (non-hydrogen) atoms. The van der Waals surface area contributed by atoms with E-state index in [9.17, 15) is 9.59 Å². The average Bonchev–Trinajstić information content (AvgIpc) is 3.02. The number of hydrogen-bond acceptors (Lipinski definition) is 4. The lowest BCUT2D eigenvalue weighted by Gasteiger charge is -2.17. The van der Waals surface area contributed by atoms with Crippen LogP contribution in [0.3, 0.4) is 0 Å². The summed E-state index contributed by atoms with van der Waals surface area (Å²) in [5.41, 5.74) is 0.770. The quantitative estimate of drug-likeness (QED) is 0.791. The second-order valence-electron chi connectivity index (χ2n) is 6.14. The molecule has 0 aliphatic carbocycles. The molecular weight excluding hydrogens is 368 g/mol. The second kappa shape index (κ2) is 8.77. The molecule has 0 aromatic heterocycles. The molecule has 3 rings (SSSR count). The van der Waals surface area contributed by atoms with Crippen molar-refractivity contribution in [2.75, 3.05) is 24.7 Å². The summed E-state index contributed by atoms with van der Waals surface area (Å²) < 4.78 is 10.8. The second-order valence-corrected chi connectivity index (χ2v) is 6.58. The number of halogens is 1. The van der Waals surface area contributed by atoms with Crippen LogP contribution in [0.15, 0.2) is 48.5 Å². The molecule has 0 saturated carbocycles. The van der Waals surface area contributed by atoms with E-state index in [-0.39, 0.29) is 30.9 Å². The highest BCUT2D eigenvalue weighted by Crippen LogP contribution is 2.23. The lowest BCUT2D eigenvalue weighted by Crippen LogP contribution is -2.39. The van der Waals surface area contributed by atoms with Gasteiger partial charge in [0.05, 0.1) is 12.6 Å². The van der Waals surface area contributed by atoms with Crippen molar-refractivity contribution in [2.45, 2.75) is 19.4 Å². The molecule has 1 unspecified atom stereocenters. The maximum atomic E-state index is 12.2. The molecule has 1 fully saturated rings. The first-order chi connectivity index (χ1) is 13.0. The van der Waals surface area contributed by atoms with Crippen LogP contribution >= 0.6 is 11.6 Å². The summed E-state index contributed by atoms with van der Waals surface area (Å²) in [6, 6.07) is 13.9. The maximum absolute atomic E-state index is 12.2. The predicted molar refractivity (Wildman–Crippen MR) is 103 cm³/mol. The highest BCUT2D eigenvalue weighted by molar-refractivity contribution is 6.30. The van der Waals surface area contributed by atoms with Crippen molar-refractivity contribution in [1.82, 2.24) is 5.32 Å².